The van der Waals surface area contributed by atoms with Gasteiger partial charge in [0.15, 0.2) is 0 Å². The second-order valence-electron chi connectivity index (χ2n) is 4.45. The largest absolute Gasteiger partial charge is 0.397 e. The van der Waals surface area contributed by atoms with Crippen LogP contribution in [0.4, 0.5) is 5.69 Å². The van der Waals surface area contributed by atoms with Crippen LogP contribution < -0.4 is 11.1 Å². The molecule has 17 heavy (non-hydrogen) atoms. The molecule has 0 spiro atoms. The van der Waals surface area contributed by atoms with Gasteiger partial charge in [-0.15, -0.1) is 0 Å². The average molecular weight is 239 g/mol. The first-order valence-electron chi connectivity index (χ1n) is 5.87. The van der Waals surface area contributed by atoms with Gasteiger partial charge in [0.1, 0.15) is 5.69 Å². The molecule has 1 aromatic rings. The van der Waals surface area contributed by atoms with Crippen molar-refractivity contribution >= 4 is 11.6 Å². The third kappa shape index (κ3) is 3.23. The first-order valence-corrected chi connectivity index (χ1v) is 5.87. The Labute approximate surface area is 102 Å². The van der Waals surface area contributed by atoms with Gasteiger partial charge in [0.05, 0.1) is 18.3 Å². The minimum atomic E-state index is -0.232. The van der Waals surface area contributed by atoms with Crippen molar-refractivity contribution in [2.24, 2.45) is 5.92 Å². The molecule has 1 amide bonds. The Morgan fingerprint density at radius 1 is 1.59 bits per heavy atom. The van der Waals surface area contributed by atoms with Gasteiger partial charge in [-0.25, -0.2) is 0 Å². The molecule has 0 aliphatic carbocycles. The second kappa shape index (κ2) is 5.72. The molecule has 0 saturated heterocycles. The van der Waals surface area contributed by atoms with Gasteiger partial charge in [0, 0.05) is 12.7 Å². The molecule has 1 heterocycles. The highest BCUT2D eigenvalue weighted by molar-refractivity contribution is 5.94. The number of aliphatic hydroxyl groups is 1. The maximum atomic E-state index is 12.0. The first kappa shape index (κ1) is 13.6. The topological polar surface area (TPSA) is 80.3 Å². The van der Waals surface area contributed by atoms with Gasteiger partial charge in [-0.3, -0.25) is 4.79 Å². The monoisotopic (exact) mass is 239 g/mol. The van der Waals surface area contributed by atoms with Crippen molar-refractivity contribution in [3.63, 3.8) is 0 Å². The number of aryl methyl sites for hydroxylation is 1. The molecule has 1 atom stereocenters. The van der Waals surface area contributed by atoms with Crippen LogP contribution in [0.1, 0.15) is 31.3 Å². The minimum absolute atomic E-state index is 0.0638. The van der Waals surface area contributed by atoms with E-state index in [1.807, 2.05) is 20.8 Å². The van der Waals surface area contributed by atoms with Crippen LogP contribution in [0.25, 0.3) is 0 Å². The first-order chi connectivity index (χ1) is 7.99. The number of hydrogen-bond acceptors (Lipinski definition) is 3. The van der Waals surface area contributed by atoms with Crippen LogP contribution in [0.3, 0.4) is 0 Å². The van der Waals surface area contributed by atoms with E-state index in [1.165, 1.54) is 0 Å². The molecule has 0 unspecified atom stereocenters. The van der Waals surface area contributed by atoms with Gasteiger partial charge in [0.25, 0.3) is 5.91 Å². The van der Waals surface area contributed by atoms with Crippen molar-refractivity contribution in [3.05, 3.63) is 18.0 Å². The Bertz CT molecular complexity index is 385. The van der Waals surface area contributed by atoms with Crippen molar-refractivity contribution in [2.75, 3.05) is 12.3 Å². The number of nitrogens with two attached hydrogens (primary N) is 1. The lowest BCUT2D eigenvalue weighted by molar-refractivity contribution is 0.0887. The van der Waals surface area contributed by atoms with Crippen molar-refractivity contribution in [3.8, 4) is 0 Å². The van der Waals surface area contributed by atoms with Gasteiger partial charge >= 0.3 is 0 Å². The SMILES string of the molecule is CCn1cc(N)cc1C(=O)N[C@H](CO)C(C)C. The van der Waals surface area contributed by atoms with Crippen LogP contribution in [-0.4, -0.2) is 28.2 Å². The summed E-state index contributed by atoms with van der Waals surface area (Å²) in [5, 5.41) is 12.0. The third-order valence-electron chi connectivity index (χ3n) is 2.81. The molecule has 0 aliphatic heterocycles. The van der Waals surface area contributed by atoms with Crippen LogP contribution in [0.5, 0.6) is 0 Å². The quantitative estimate of drug-likeness (QED) is 0.712. The summed E-state index contributed by atoms with van der Waals surface area (Å²) in [6, 6.07) is 1.41. The van der Waals surface area contributed by atoms with E-state index in [-0.39, 0.29) is 24.5 Å². The Hall–Kier alpha value is -1.49. The molecule has 0 radical (unpaired) electrons. The molecule has 0 aromatic carbocycles. The number of nitrogen functional groups attached to an aromatic ring is 1. The molecule has 5 heteroatoms. The van der Waals surface area contributed by atoms with Crippen molar-refractivity contribution < 1.29 is 9.90 Å². The van der Waals surface area contributed by atoms with Gasteiger partial charge in [-0.05, 0) is 18.9 Å². The predicted octanol–water partition coefficient (Wildman–Crippen LogP) is 0.837. The molecular weight excluding hydrogens is 218 g/mol. The maximum absolute atomic E-state index is 12.0. The van der Waals surface area contributed by atoms with E-state index < -0.39 is 0 Å². The highest BCUT2D eigenvalue weighted by Gasteiger charge is 2.18. The molecular formula is C12H21N3O2. The lowest BCUT2D eigenvalue weighted by Gasteiger charge is -2.20. The Morgan fingerprint density at radius 3 is 2.71 bits per heavy atom. The number of hydrogen-bond donors (Lipinski definition) is 3. The summed E-state index contributed by atoms with van der Waals surface area (Å²) in [7, 11) is 0. The number of carbonyl (C=O) groups excluding carboxylic acids is 1. The van der Waals surface area contributed by atoms with Crippen LogP contribution in [0, 0.1) is 5.92 Å². The normalized spacial score (nSPS) is 12.8. The lowest BCUT2D eigenvalue weighted by atomic mass is 10.1. The minimum Gasteiger partial charge on any atom is -0.397 e. The number of rotatable bonds is 5. The van der Waals surface area contributed by atoms with Crippen LogP contribution in [-0.2, 0) is 6.54 Å². The number of nitrogens with zero attached hydrogens (tertiary/aromatic N) is 1. The van der Waals surface area contributed by atoms with Crippen molar-refractivity contribution in [1.82, 2.24) is 9.88 Å². The van der Waals surface area contributed by atoms with Crippen molar-refractivity contribution in [1.29, 1.82) is 0 Å². The summed E-state index contributed by atoms with van der Waals surface area (Å²) in [6.45, 7) is 6.47. The van der Waals surface area contributed by atoms with Crippen LogP contribution in [0.15, 0.2) is 12.3 Å². The Balaban J connectivity index is 2.81. The van der Waals surface area contributed by atoms with E-state index in [4.69, 9.17) is 5.73 Å². The molecule has 96 valence electrons. The third-order valence-corrected chi connectivity index (χ3v) is 2.81. The van der Waals surface area contributed by atoms with E-state index in [0.717, 1.165) is 0 Å². The number of aliphatic hydroxyl groups excluding tert-OH is 1. The van der Waals surface area contributed by atoms with E-state index in [2.05, 4.69) is 5.32 Å². The van der Waals surface area contributed by atoms with E-state index >= 15 is 0 Å². The van der Waals surface area contributed by atoms with Gasteiger partial charge in [-0.2, -0.15) is 0 Å². The number of nitrogens with one attached hydrogen (secondary N) is 1. The van der Waals surface area contributed by atoms with E-state index in [9.17, 15) is 9.90 Å². The molecule has 4 N–H and O–H groups in total. The smallest absolute Gasteiger partial charge is 0.268 e. The van der Waals surface area contributed by atoms with Crippen LogP contribution >= 0.6 is 0 Å². The number of amides is 1. The number of carbonyl (C=O) groups is 1. The Morgan fingerprint density at radius 2 is 2.24 bits per heavy atom. The summed E-state index contributed by atoms with van der Waals surface area (Å²) < 4.78 is 1.79. The van der Waals surface area contributed by atoms with E-state index in [0.29, 0.717) is 17.9 Å². The summed E-state index contributed by atoms with van der Waals surface area (Å²) >= 11 is 0. The molecule has 1 rings (SSSR count). The molecule has 0 fully saturated rings. The number of aromatic nitrogens is 1. The fourth-order valence-electron chi connectivity index (χ4n) is 1.65. The molecule has 1 aromatic heterocycles. The van der Waals surface area contributed by atoms with E-state index in [1.54, 1.807) is 16.8 Å². The zero-order valence-electron chi connectivity index (χ0n) is 10.6. The zero-order valence-corrected chi connectivity index (χ0v) is 10.6. The zero-order chi connectivity index (χ0) is 13.0. The summed E-state index contributed by atoms with van der Waals surface area (Å²) in [5.41, 5.74) is 6.77. The predicted molar refractivity (Wildman–Crippen MR) is 67.7 cm³/mol. The van der Waals surface area contributed by atoms with Gasteiger partial charge in [-0.1, -0.05) is 13.8 Å². The van der Waals surface area contributed by atoms with Gasteiger partial charge < -0.3 is 20.7 Å². The highest BCUT2D eigenvalue weighted by Crippen LogP contribution is 2.11. The fraction of sp³-hybridized carbons (Fsp3) is 0.583. The van der Waals surface area contributed by atoms with Gasteiger partial charge in [0.2, 0.25) is 0 Å². The summed E-state index contributed by atoms with van der Waals surface area (Å²) in [4.78, 5) is 12.0. The van der Waals surface area contributed by atoms with Crippen molar-refractivity contribution in [2.45, 2.75) is 33.4 Å². The molecule has 0 aliphatic rings. The second-order valence-corrected chi connectivity index (χ2v) is 4.45. The lowest BCUT2D eigenvalue weighted by Crippen LogP contribution is -2.41. The Kier molecular flexibility index (Phi) is 4.57. The highest BCUT2D eigenvalue weighted by atomic mass is 16.3. The molecule has 0 saturated carbocycles. The molecule has 0 bridgehead atoms. The number of anilines is 1. The summed E-state index contributed by atoms with van der Waals surface area (Å²) in [6.07, 6.45) is 1.73. The summed E-state index contributed by atoms with van der Waals surface area (Å²) in [5.74, 6) is -0.0114. The average Bonchev–Trinajstić information content (AvgIpc) is 2.66. The van der Waals surface area contributed by atoms with Crippen LogP contribution in [0.2, 0.25) is 0 Å². The standard InChI is InChI=1S/C12H21N3O2/c1-4-15-6-9(13)5-11(15)12(17)14-10(7-16)8(2)3/h5-6,8,10,16H,4,7,13H2,1-3H3,(H,14,17)/t10-/m1/s1. The fourth-order valence-corrected chi connectivity index (χ4v) is 1.65. The maximum Gasteiger partial charge on any atom is 0.268 e. The molecule has 5 nitrogen and oxygen atoms in total.